The zero-order chi connectivity index (χ0) is 13.1. The Kier molecular flexibility index (Phi) is 4.81. The Morgan fingerprint density at radius 2 is 1.67 bits per heavy atom. The summed E-state index contributed by atoms with van der Waals surface area (Å²) in [4.78, 5) is 0. The molecule has 5 heteroatoms. The molecule has 2 aromatic carbocycles. The van der Waals surface area contributed by atoms with Gasteiger partial charge in [-0.05, 0) is 41.5 Å². The summed E-state index contributed by atoms with van der Waals surface area (Å²) in [6.45, 7) is 0. The van der Waals surface area contributed by atoms with Crippen LogP contribution in [0.1, 0.15) is 17.2 Å². The van der Waals surface area contributed by atoms with Crippen molar-refractivity contribution in [1.29, 1.82) is 0 Å². The monoisotopic (exact) mass is 388 g/mol. The first kappa shape index (κ1) is 14.0. The highest BCUT2D eigenvalue weighted by Gasteiger charge is 2.13. The standard InChI is InChI=1S/C13H11Br2ClN2/c14-10-4-9(5-11(15)7-10)13(18-17)8-2-1-3-12(16)6-8/h1-7,13,18H,17H2. The number of nitrogens with one attached hydrogen (secondary N) is 1. The number of nitrogens with two attached hydrogens (primary N) is 1. The van der Waals surface area contributed by atoms with Crippen LogP contribution in [0.3, 0.4) is 0 Å². The largest absolute Gasteiger partial charge is 0.271 e. The molecule has 0 fully saturated rings. The van der Waals surface area contributed by atoms with Crippen molar-refractivity contribution in [1.82, 2.24) is 5.43 Å². The molecule has 0 aromatic heterocycles. The van der Waals surface area contributed by atoms with Crippen molar-refractivity contribution in [2.24, 2.45) is 5.84 Å². The molecule has 1 unspecified atom stereocenters. The van der Waals surface area contributed by atoms with Crippen molar-refractivity contribution < 1.29 is 0 Å². The van der Waals surface area contributed by atoms with Crippen LogP contribution >= 0.6 is 43.5 Å². The lowest BCUT2D eigenvalue weighted by Crippen LogP contribution is -2.28. The fraction of sp³-hybridized carbons (Fsp3) is 0.0769. The maximum Gasteiger partial charge on any atom is 0.0711 e. The van der Waals surface area contributed by atoms with Gasteiger partial charge in [0.2, 0.25) is 0 Å². The summed E-state index contributed by atoms with van der Waals surface area (Å²) >= 11 is 13.0. The number of halogens is 3. The fourth-order valence-corrected chi connectivity index (χ4v) is 3.34. The fourth-order valence-electron chi connectivity index (χ4n) is 1.81. The van der Waals surface area contributed by atoms with Gasteiger partial charge in [-0.2, -0.15) is 0 Å². The van der Waals surface area contributed by atoms with Crippen LogP contribution in [0, 0.1) is 0 Å². The van der Waals surface area contributed by atoms with E-state index < -0.39 is 0 Å². The van der Waals surface area contributed by atoms with E-state index in [-0.39, 0.29) is 6.04 Å². The molecule has 2 nitrogen and oxygen atoms in total. The topological polar surface area (TPSA) is 38.0 Å². The molecule has 0 aliphatic rings. The van der Waals surface area contributed by atoms with Gasteiger partial charge < -0.3 is 0 Å². The van der Waals surface area contributed by atoms with Crippen molar-refractivity contribution >= 4 is 43.5 Å². The average molecular weight is 391 g/mol. The van der Waals surface area contributed by atoms with E-state index in [0.717, 1.165) is 20.1 Å². The molecule has 0 saturated carbocycles. The van der Waals surface area contributed by atoms with E-state index >= 15 is 0 Å². The number of hydrogen-bond donors (Lipinski definition) is 2. The van der Waals surface area contributed by atoms with E-state index in [1.807, 2.05) is 42.5 Å². The van der Waals surface area contributed by atoms with Crippen molar-refractivity contribution in [2.45, 2.75) is 6.04 Å². The Bertz CT molecular complexity index is 540. The molecule has 94 valence electrons. The van der Waals surface area contributed by atoms with Crippen molar-refractivity contribution in [3.63, 3.8) is 0 Å². The molecule has 0 saturated heterocycles. The third-order valence-electron chi connectivity index (χ3n) is 2.57. The van der Waals surface area contributed by atoms with Gasteiger partial charge >= 0.3 is 0 Å². The molecule has 18 heavy (non-hydrogen) atoms. The third kappa shape index (κ3) is 3.33. The van der Waals surface area contributed by atoms with Gasteiger partial charge in [0.1, 0.15) is 0 Å². The minimum Gasteiger partial charge on any atom is -0.271 e. The van der Waals surface area contributed by atoms with Crippen LogP contribution in [0.15, 0.2) is 51.4 Å². The van der Waals surface area contributed by atoms with Crippen LogP contribution in [0.5, 0.6) is 0 Å². The van der Waals surface area contributed by atoms with Gasteiger partial charge in [0.05, 0.1) is 6.04 Å². The van der Waals surface area contributed by atoms with Crippen LogP contribution in [0.2, 0.25) is 5.02 Å². The van der Waals surface area contributed by atoms with Crippen molar-refractivity contribution in [3.05, 3.63) is 67.6 Å². The Hall–Kier alpha value is -0.390. The molecule has 0 aliphatic heterocycles. The maximum atomic E-state index is 6.01. The summed E-state index contributed by atoms with van der Waals surface area (Å²) in [7, 11) is 0. The minimum atomic E-state index is -0.0995. The smallest absolute Gasteiger partial charge is 0.0711 e. The number of rotatable bonds is 3. The van der Waals surface area contributed by atoms with Gasteiger partial charge in [0.15, 0.2) is 0 Å². The van der Waals surface area contributed by atoms with E-state index in [9.17, 15) is 0 Å². The Balaban J connectivity index is 2.45. The first-order valence-electron chi connectivity index (χ1n) is 5.28. The summed E-state index contributed by atoms with van der Waals surface area (Å²) in [5.74, 6) is 5.66. The second kappa shape index (κ2) is 6.17. The molecule has 0 spiro atoms. The molecule has 0 heterocycles. The summed E-state index contributed by atoms with van der Waals surface area (Å²) < 4.78 is 1.99. The molecular formula is C13H11Br2ClN2. The summed E-state index contributed by atoms with van der Waals surface area (Å²) in [6, 6.07) is 13.6. The minimum absolute atomic E-state index is 0.0995. The zero-order valence-electron chi connectivity index (χ0n) is 9.33. The van der Waals surface area contributed by atoms with Crippen LogP contribution in [0.4, 0.5) is 0 Å². The highest BCUT2D eigenvalue weighted by molar-refractivity contribution is 9.11. The van der Waals surface area contributed by atoms with Gasteiger partial charge in [-0.25, -0.2) is 5.43 Å². The number of hydrogen-bond acceptors (Lipinski definition) is 2. The van der Waals surface area contributed by atoms with Gasteiger partial charge in [0.25, 0.3) is 0 Å². The van der Waals surface area contributed by atoms with E-state index in [2.05, 4.69) is 37.3 Å². The van der Waals surface area contributed by atoms with E-state index in [4.69, 9.17) is 17.4 Å². The molecule has 3 N–H and O–H groups in total. The molecule has 1 atom stereocenters. The van der Waals surface area contributed by atoms with Crippen LogP contribution < -0.4 is 11.3 Å². The maximum absolute atomic E-state index is 6.01. The highest BCUT2D eigenvalue weighted by Crippen LogP contribution is 2.28. The van der Waals surface area contributed by atoms with E-state index in [0.29, 0.717) is 5.02 Å². The van der Waals surface area contributed by atoms with Crippen LogP contribution in [-0.4, -0.2) is 0 Å². The SMILES string of the molecule is NNC(c1cccc(Cl)c1)c1cc(Br)cc(Br)c1. The summed E-state index contributed by atoms with van der Waals surface area (Å²) in [5, 5.41) is 0.696. The first-order chi connectivity index (χ1) is 8.60. The van der Waals surface area contributed by atoms with Gasteiger partial charge in [-0.15, -0.1) is 0 Å². The zero-order valence-corrected chi connectivity index (χ0v) is 13.3. The first-order valence-corrected chi connectivity index (χ1v) is 7.24. The second-order valence-corrected chi connectivity index (χ2v) is 6.13. The molecular weight excluding hydrogens is 379 g/mol. The summed E-state index contributed by atoms with van der Waals surface area (Å²) in [5.41, 5.74) is 4.90. The predicted octanol–water partition coefficient (Wildman–Crippen LogP) is 4.42. The predicted molar refractivity (Wildman–Crippen MR) is 82.5 cm³/mol. The Morgan fingerprint density at radius 1 is 1.00 bits per heavy atom. The van der Waals surface area contributed by atoms with Crippen molar-refractivity contribution in [2.75, 3.05) is 0 Å². The normalized spacial score (nSPS) is 12.4. The summed E-state index contributed by atoms with van der Waals surface area (Å²) in [6.07, 6.45) is 0. The van der Waals surface area contributed by atoms with E-state index in [1.54, 1.807) is 0 Å². The van der Waals surface area contributed by atoms with E-state index in [1.165, 1.54) is 0 Å². The molecule has 2 aromatic rings. The van der Waals surface area contributed by atoms with Gasteiger partial charge in [-0.3, -0.25) is 5.84 Å². The molecule has 0 aliphatic carbocycles. The molecule has 0 radical (unpaired) electrons. The molecule has 0 amide bonds. The quantitative estimate of drug-likeness (QED) is 0.602. The Morgan fingerprint density at radius 3 is 2.22 bits per heavy atom. The number of benzene rings is 2. The molecule has 0 bridgehead atoms. The highest BCUT2D eigenvalue weighted by atomic mass is 79.9. The second-order valence-electron chi connectivity index (χ2n) is 3.86. The van der Waals surface area contributed by atoms with Crippen LogP contribution in [0.25, 0.3) is 0 Å². The lowest BCUT2D eigenvalue weighted by molar-refractivity contribution is 0.636. The average Bonchev–Trinajstić information content (AvgIpc) is 2.28. The number of hydrazine groups is 1. The lowest BCUT2D eigenvalue weighted by atomic mass is 9.99. The van der Waals surface area contributed by atoms with Gasteiger partial charge in [-0.1, -0.05) is 55.6 Å². The third-order valence-corrected chi connectivity index (χ3v) is 3.72. The lowest BCUT2D eigenvalue weighted by Gasteiger charge is -2.18. The van der Waals surface area contributed by atoms with Crippen molar-refractivity contribution in [3.8, 4) is 0 Å². The Labute approximate surface area is 128 Å². The van der Waals surface area contributed by atoms with Gasteiger partial charge in [0, 0.05) is 14.0 Å². The molecule has 2 rings (SSSR count). The van der Waals surface area contributed by atoms with Crippen LogP contribution in [-0.2, 0) is 0 Å².